The van der Waals surface area contributed by atoms with Gasteiger partial charge in [0, 0.05) is 37.9 Å². The van der Waals surface area contributed by atoms with Crippen molar-refractivity contribution >= 4 is 37.2 Å². The van der Waals surface area contributed by atoms with Gasteiger partial charge in [0.05, 0.1) is 25.0 Å². The van der Waals surface area contributed by atoms with Crippen LogP contribution in [0.1, 0.15) is 13.3 Å². The number of hydrogen-bond acceptors (Lipinski definition) is 7. The summed E-state index contributed by atoms with van der Waals surface area (Å²) in [6, 6.07) is 0. The molecule has 0 heterocycles. The molecule has 0 aliphatic heterocycles. The highest BCUT2D eigenvalue weighted by molar-refractivity contribution is 7.80. The third-order valence-corrected chi connectivity index (χ3v) is 2.88. The molecule has 0 spiro atoms. The molecule has 118 valence electrons. The van der Waals surface area contributed by atoms with Crippen LogP contribution in [0.5, 0.6) is 0 Å². The Hall–Kier alpha value is -0.0800. The van der Waals surface area contributed by atoms with Gasteiger partial charge in [0.2, 0.25) is 0 Å². The minimum absolute atomic E-state index is 0.295. The Morgan fingerprint density at radius 3 is 2.50 bits per heavy atom. The van der Waals surface area contributed by atoms with Crippen molar-refractivity contribution in [1.29, 1.82) is 0 Å². The van der Waals surface area contributed by atoms with Crippen LogP contribution in [0.3, 0.4) is 0 Å². The Morgan fingerprint density at radius 2 is 1.95 bits per heavy atom. The number of hydrogen-bond donors (Lipinski definition) is 3. The SMILES string of the molecule is CCC(OCC(COC)=NCCS)C(O)C=NCCS. The molecule has 0 aromatic carbocycles. The van der Waals surface area contributed by atoms with E-state index in [1.54, 1.807) is 7.11 Å². The second-order valence-corrected chi connectivity index (χ2v) is 5.03. The van der Waals surface area contributed by atoms with Crippen molar-refractivity contribution in [3.05, 3.63) is 0 Å². The molecular weight excluding hydrogens is 296 g/mol. The van der Waals surface area contributed by atoms with Crippen LogP contribution < -0.4 is 0 Å². The summed E-state index contributed by atoms with van der Waals surface area (Å²) >= 11 is 8.18. The summed E-state index contributed by atoms with van der Waals surface area (Å²) in [7, 11) is 1.62. The number of aliphatic hydroxyl groups is 1. The predicted octanol–water partition coefficient (Wildman–Crippen LogP) is 1.16. The highest BCUT2D eigenvalue weighted by atomic mass is 32.1. The van der Waals surface area contributed by atoms with E-state index >= 15 is 0 Å². The summed E-state index contributed by atoms with van der Waals surface area (Å²) in [5.41, 5.74) is 0.819. The minimum atomic E-state index is -0.714. The minimum Gasteiger partial charge on any atom is -0.385 e. The number of rotatable bonds is 12. The van der Waals surface area contributed by atoms with E-state index in [9.17, 15) is 5.11 Å². The van der Waals surface area contributed by atoms with E-state index in [0.717, 1.165) is 5.71 Å². The maximum absolute atomic E-state index is 9.97. The van der Waals surface area contributed by atoms with Gasteiger partial charge in [0.15, 0.2) is 0 Å². The zero-order valence-corrected chi connectivity index (χ0v) is 14.0. The first kappa shape index (κ1) is 19.9. The molecule has 0 bridgehead atoms. The highest BCUT2D eigenvalue weighted by Gasteiger charge is 2.16. The van der Waals surface area contributed by atoms with E-state index in [4.69, 9.17) is 9.47 Å². The summed E-state index contributed by atoms with van der Waals surface area (Å²) in [5.74, 6) is 1.35. The average molecular weight is 322 g/mol. The van der Waals surface area contributed by atoms with Crippen molar-refractivity contribution in [3.8, 4) is 0 Å². The molecule has 0 saturated heterocycles. The third kappa shape index (κ3) is 9.77. The fourth-order valence-electron chi connectivity index (χ4n) is 1.51. The van der Waals surface area contributed by atoms with Gasteiger partial charge in [-0.1, -0.05) is 6.92 Å². The Bertz CT molecular complexity index is 289. The molecule has 0 saturated carbocycles. The summed E-state index contributed by atoms with van der Waals surface area (Å²) in [6.07, 6.45) is 1.21. The number of nitrogens with zero attached hydrogens (tertiary/aromatic N) is 2. The third-order valence-electron chi connectivity index (χ3n) is 2.48. The van der Waals surface area contributed by atoms with E-state index in [2.05, 4.69) is 35.2 Å². The van der Waals surface area contributed by atoms with Crippen LogP contribution in [0.15, 0.2) is 9.98 Å². The summed E-state index contributed by atoms with van der Waals surface area (Å²) in [4.78, 5) is 8.41. The van der Waals surface area contributed by atoms with E-state index in [0.29, 0.717) is 44.2 Å². The van der Waals surface area contributed by atoms with Crippen molar-refractivity contribution in [2.45, 2.75) is 25.6 Å². The number of ether oxygens (including phenoxy) is 2. The van der Waals surface area contributed by atoms with Crippen molar-refractivity contribution in [3.63, 3.8) is 0 Å². The molecular formula is C13H26N2O3S2. The monoisotopic (exact) mass is 322 g/mol. The molecule has 0 radical (unpaired) electrons. The van der Waals surface area contributed by atoms with E-state index in [1.165, 1.54) is 6.21 Å². The molecule has 0 aliphatic carbocycles. The van der Waals surface area contributed by atoms with Crippen LogP contribution in [0.25, 0.3) is 0 Å². The molecule has 0 aromatic rings. The van der Waals surface area contributed by atoms with Gasteiger partial charge < -0.3 is 14.6 Å². The van der Waals surface area contributed by atoms with Crippen LogP contribution in [0.4, 0.5) is 0 Å². The predicted molar refractivity (Wildman–Crippen MR) is 91.3 cm³/mol. The quantitative estimate of drug-likeness (QED) is 0.373. The number of aliphatic hydroxyl groups excluding tert-OH is 1. The van der Waals surface area contributed by atoms with Gasteiger partial charge in [-0.15, -0.1) is 0 Å². The molecule has 0 aliphatic rings. The molecule has 1 N–H and O–H groups in total. The first-order valence-electron chi connectivity index (χ1n) is 6.72. The molecule has 0 amide bonds. The maximum atomic E-state index is 9.97. The average Bonchev–Trinajstić information content (AvgIpc) is 2.45. The van der Waals surface area contributed by atoms with E-state index in [-0.39, 0.29) is 6.10 Å². The van der Waals surface area contributed by atoms with Crippen LogP contribution in [0, 0.1) is 0 Å². The summed E-state index contributed by atoms with van der Waals surface area (Å²) in [5, 5.41) is 9.97. The fourth-order valence-corrected chi connectivity index (χ4v) is 1.72. The van der Waals surface area contributed by atoms with E-state index < -0.39 is 6.10 Å². The molecule has 0 aromatic heterocycles. The Balaban J connectivity index is 4.32. The molecule has 0 rings (SSSR count). The van der Waals surface area contributed by atoms with Crippen LogP contribution in [-0.2, 0) is 9.47 Å². The van der Waals surface area contributed by atoms with Gasteiger partial charge in [-0.05, 0) is 6.42 Å². The van der Waals surface area contributed by atoms with Gasteiger partial charge in [-0.3, -0.25) is 9.98 Å². The molecule has 20 heavy (non-hydrogen) atoms. The lowest BCUT2D eigenvalue weighted by Gasteiger charge is -2.19. The van der Waals surface area contributed by atoms with Crippen LogP contribution >= 0.6 is 25.3 Å². The molecule has 2 atom stereocenters. The smallest absolute Gasteiger partial charge is 0.115 e. The van der Waals surface area contributed by atoms with Crippen molar-refractivity contribution in [2.75, 3.05) is 44.9 Å². The van der Waals surface area contributed by atoms with E-state index in [1.807, 2.05) is 6.92 Å². The lowest BCUT2D eigenvalue weighted by atomic mass is 10.1. The zero-order valence-electron chi connectivity index (χ0n) is 12.2. The summed E-state index contributed by atoms with van der Waals surface area (Å²) in [6.45, 7) is 3.95. The lowest BCUT2D eigenvalue weighted by molar-refractivity contribution is 0.00679. The first-order chi connectivity index (χ1) is 9.69. The van der Waals surface area contributed by atoms with Crippen molar-refractivity contribution in [1.82, 2.24) is 0 Å². The number of methoxy groups -OCH3 is 1. The molecule has 0 fully saturated rings. The maximum Gasteiger partial charge on any atom is 0.115 e. The normalized spacial score (nSPS) is 15.8. The first-order valence-corrected chi connectivity index (χ1v) is 7.98. The largest absolute Gasteiger partial charge is 0.385 e. The zero-order chi connectivity index (χ0) is 15.2. The topological polar surface area (TPSA) is 63.4 Å². The Labute approximate surface area is 132 Å². The standard InChI is InChI=1S/C13H26N2O3S2/c1-3-13(12(16)8-14-4-6-19)18-10-11(9-17-2)15-5-7-20/h8,12-13,16,19-20H,3-7,9-10H2,1-2H3. The number of thiol groups is 2. The van der Waals surface area contributed by atoms with Gasteiger partial charge in [0.25, 0.3) is 0 Å². The lowest BCUT2D eigenvalue weighted by Crippen LogP contribution is -2.32. The second-order valence-electron chi connectivity index (χ2n) is 4.13. The Morgan fingerprint density at radius 1 is 1.25 bits per heavy atom. The van der Waals surface area contributed by atoms with Gasteiger partial charge in [0.1, 0.15) is 6.10 Å². The second kappa shape index (κ2) is 13.9. The van der Waals surface area contributed by atoms with Crippen LogP contribution in [-0.4, -0.2) is 74.2 Å². The van der Waals surface area contributed by atoms with Gasteiger partial charge >= 0.3 is 0 Å². The van der Waals surface area contributed by atoms with Crippen LogP contribution in [0.2, 0.25) is 0 Å². The fraction of sp³-hybridized carbons (Fsp3) is 0.846. The molecule has 7 heteroatoms. The highest BCUT2D eigenvalue weighted by Crippen LogP contribution is 2.04. The van der Waals surface area contributed by atoms with Crippen molar-refractivity contribution in [2.24, 2.45) is 9.98 Å². The molecule has 2 unspecified atom stereocenters. The van der Waals surface area contributed by atoms with Crippen molar-refractivity contribution < 1.29 is 14.6 Å². The van der Waals surface area contributed by atoms with Gasteiger partial charge in [-0.25, -0.2) is 0 Å². The molecule has 5 nitrogen and oxygen atoms in total. The Kier molecular flexibility index (Phi) is 13.8. The number of aliphatic imine (C=N–C) groups is 2. The summed E-state index contributed by atoms with van der Waals surface area (Å²) < 4.78 is 10.8. The van der Waals surface area contributed by atoms with Gasteiger partial charge in [-0.2, -0.15) is 25.3 Å².